The number of hydrogen-bond donors (Lipinski definition) is 2. The molecule has 0 spiro atoms. The van der Waals surface area contributed by atoms with Gasteiger partial charge in [-0.2, -0.15) is 0 Å². The van der Waals surface area contributed by atoms with E-state index < -0.39 is 23.6 Å². The number of carbonyl (C=O) groups is 1. The third-order valence-electron chi connectivity index (χ3n) is 2.91. The number of halogens is 2. The Morgan fingerprint density at radius 1 is 1.29 bits per heavy atom. The lowest BCUT2D eigenvalue weighted by atomic mass is 10.0. The maximum atomic E-state index is 13.2. The highest BCUT2D eigenvalue weighted by Gasteiger charge is 2.19. The van der Waals surface area contributed by atoms with Gasteiger partial charge in [-0.05, 0) is 12.3 Å². The first-order valence-electron chi connectivity index (χ1n) is 6.48. The summed E-state index contributed by atoms with van der Waals surface area (Å²) >= 11 is 0. The second-order valence-electron chi connectivity index (χ2n) is 5.17. The Labute approximate surface area is 120 Å². The minimum absolute atomic E-state index is 0.160. The van der Waals surface area contributed by atoms with Crippen LogP contribution in [-0.2, 0) is 4.79 Å². The molecule has 0 saturated carbocycles. The number of aromatic nitrogens is 2. The van der Waals surface area contributed by atoms with Gasteiger partial charge in [0.15, 0.2) is 11.6 Å². The van der Waals surface area contributed by atoms with Crippen LogP contribution in [-0.4, -0.2) is 27.1 Å². The molecule has 5 nitrogen and oxygen atoms in total. The molecule has 1 heterocycles. The zero-order chi connectivity index (χ0) is 15.6. The van der Waals surface area contributed by atoms with Crippen LogP contribution in [0.5, 0.6) is 0 Å². The van der Waals surface area contributed by atoms with Crippen molar-refractivity contribution < 1.29 is 18.7 Å². The number of carboxylic acids is 1. The summed E-state index contributed by atoms with van der Waals surface area (Å²) in [6.07, 6.45) is 1.71. The normalized spacial score (nSPS) is 12.6. The summed E-state index contributed by atoms with van der Waals surface area (Å²) in [7, 11) is 0. The Balaban J connectivity index is 2.29. The number of benzene rings is 1. The Morgan fingerprint density at radius 2 is 1.90 bits per heavy atom. The summed E-state index contributed by atoms with van der Waals surface area (Å²) in [5, 5.41) is 11.9. The number of aliphatic carboxylic acids is 1. The van der Waals surface area contributed by atoms with E-state index in [-0.39, 0.29) is 22.8 Å². The predicted octanol–water partition coefficient (Wildman–Crippen LogP) is 2.82. The Kier molecular flexibility index (Phi) is 4.30. The predicted molar refractivity (Wildman–Crippen MR) is 74.0 cm³/mol. The number of carboxylic acid groups (broad SMARTS) is 1. The van der Waals surface area contributed by atoms with Crippen molar-refractivity contribution >= 4 is 22.8 Å². The van der Waals surface area contributed by atoms with E-state index in [4.69, 9.17) is 5.11 Å². The lowest BCUT2D eigenvalue weighted by molar-refractivity contribution is -0.138. The number of rotatable bonds is 5. The summed E-state index contributed by atoms with van der Waals surface area (Å²) in [5.41, 5.74) is 0.364. The minimum atomic E-state index is -1.02. The van der Waals surface area contributed by atoms with Crippen LogP contribution in [0.2, 0.25) is 0 Å². The Morgan fingerprint density at radius 3 is 2.48 bits per heavy atom. The van der Waals surface area contributed by atoms with Crippen LogP contribution < -0.4 is 5.32 Å². The second-order valence-corrected chi connectivity index (χ2v) is 5.17. The molecule has 2 N–H and O–H groups in total. The number of nitrogens with zero attached hydrogens (tertiary/aromatic N) is 2. The largest absolute Gasteiger partial charge is 0.480 e. The van der Waals surface area contributed by atoms with Crippen LogP contribution >= 0.6 is 0 Å². The standard InChI is InChI=1S/C14H15F2N3O2/c1-7(2)3-12(14(20)21)19-13-6-17-10-4-8(15)9(16)5-11(10)18-13/h4-7,12H,3H2,1-2H3,(H,18,19)(H,20,21). The fraction of sp³-hybridized carbons (Fsp3) is 0.357. The van der Waals surface area contributed by atoms with Crippen molar-refractivity contribution in [3.8, 4) is 0 Å². The molecule has 2 rings (SSSR count). The van der Waals surface area contributed by atoms with Crippen molar-refractivity contribution in [3.63, 3.8) is 0 Å². The van der Waals surface area contributed by atoms with Crippen LogP contribution in [0.15, 0.2) is 18.3 Å². The molecule has 0 bridgehead atoms. The van der Waals surface area contributed by atoms with Crippen LogP contribution in [0.1, 0.15) is 20.3 Å². The van der Waals surface area contributed by atoms with E-state index >= 15 is 0 Å². The Bertz CT molecular complexity index is 677. The molecule has 0 aliphatic carbocycles. The van der Waals surface area contributed by atoms with E-state index in [1.54, 1.807) is 0 Å². The minimum Gasteiger partial charge on any atom is -0.480 e. The molecule has 112 valence electrons. The van der Waals surface area contributed by atoms with E-state index in [1.807, 2.05) is 13.8 Å². The van der Waals surface area contributed by atoms with Crippen molar-refractivity contribution in [2.45, 2.75) is 26.3 Å². The third-order valence-corrected chi connectivity index (χ3v) is 2.91. The van der Waals surface area contributed by atoms with Gasteiger partial charge in [-0.3, -0.25) is 4.98 Å². The van der Waals surface area contributed by atoms with Crippen molar-refractivity contribution in [3.05, 3.63) is 30.0 Å². The van der Waals surface area contributed by atoms with E-state index in [0.29, 0.717) is 6.42 Å². The van der Waals surface area contributed by atoms with Crippen molar-refractivity contribution in [2.24, 2.45) is 5.92 Å². The highest BCUT2D eigenvalue weighted by atomic mass is 19.2. The monoisotopic (exact) mass is 295 g/mol. The summed E-state index contributed by atoms with van der Waals surface area (Å²) in [5.74, 6) is -2.64. The van der Waals surface area contributed by atoms with Gasteiger partial charge in [0.2, 0.25) is 0 Å². The number of anilines is 1. The van der Waals surface area contributed by atoms with Gasteiger partial charge < -0.3 is 10.4 Å². The molecule has 1 aromatic carbocycles. The topological polar surface area (TPSA) is 75.1 Å². The molecule has 1 unspecified atom stereocenters. The molecule has 0 amide bonds. The number of nitrogens with one attached hydrogen (secondary N) is 1. The maximum Gasteiger partial charge on any atom is 0.326 e. The molecule has 21 heavy (non-hydrogen) atoms. The van der Waals surface area contributed by atoms with E-state index in [0.717, 1.165) is 12.1 Å². The zero-order valence-electron chi connectivity index (χ0n) is 11.6. The number of fused-ring (bicyclic) bond motifs is 1. The van der Waals surface area contributed by atoms with Gasteiger partial charge in [0.25, 0.3) is 0 Å². The molecule has 1 atom stereocenters. The lowest BCUT2D eigenvalue weighted by Crippen LogP contribution is -2.31. The first-order valence-corrected chi connectivity index (χ1v) is 6.48. The first kappa shape index (κ1) is 15.1. The highest BCUT2D eigenvalue weighted by Crippen LogP contribution is 2.18. The SMILES string of the molecule is CC(C)CC(Nc1cnc2cc(F)c(F)cc2n1)C(=O)O. The molecule has 0 aliphatic rings. The van der Waals surface area contributed by atoms with Gasteiger partial charge in [-0.1, -0.05) is 13.8 Å². The highest BCUT2D eigenvalue weighted by molar-refractivity contribution is 5.79. The van der Waals surface area contributed by atoms with Crippen LogP contribution in [0.25, 0.3) is 11.0 Å². The van der Waals surface area contributed by atoms with Crippen LogP contribution in [0.3, 0.4) is 0 Å². The van der Waals surface area contributed by atoms with Gasteiger partial charge in [0, 0.05) is 12.1 Å². The molecule has 1 aromatic heterocycles. The van der Waals surface area contributed by atoms with Gasteiger partial charge in [-0.25, -0.2) is 18.6 Å². The fourth-order valence-electron chi connectivity index (χ4n) is 1.95. The molecule has 7 heteroatoms. The molecule has 0 fully saturated rings. The van der Waals surface area contributed by atoms with Gasteiger partial charge in [-0.15, -0.1) is 0 Å². The van der Waals surface area contributed by atoms with Crippen molar-refractivity contribution in [1.29, 1.82) is 0 Å². The van der Waals surface area contributed by atoms with Crippen LogP contribution in [0, 0.1) is 17.6 Å². The summed E-state index contributed by atoms with van der Waals surface area (Å²) in [6, 6.07) is 1.06. The van der Waals surface area contributed by atoms with Gasteiger partial charge >= 0.3 is 5.97 Å². The van der Waals surface area contributed by atoms with Gasteiger partial charge in [0.1, 0.15) is 11.9 Å². The quantitative estimate of drug-likeness (QED) is 0.887. The van der Waals surface area contributed by atoms with E-state index in [1.165, 1.54) is 6.20 Å². The number of hydrogen-bond acceptors (Lipinski definition) is 4. The van der Waals surface area contributed by atoms with Crippen molar-refractivity contribution in [1.82, 2.24) is 9.97 Å². The molecule has 0 aliphatic heterocycles. The maximum absolute atomic E-state index is 13.2. The lowest BCUT2D eigenvalue weighted by Gasteiger charge is -2.16. The van der Waals surface area contributed by atoms with E-state index in [9.17, 15) is 13.6 Å². The summed E-state index contributed by atoms with van der Waals surface area (Å²) in [6.45, 7) is 3.81. The molecule has 0 radical (unpaired) electrons. The molecular formula is C14H15F2N3O2. The third kappa shape index (κ3) is 3.62. The van der Waals surface area contributed by atoms with E-state index in [2.05, 4.69) is 15.3 Å². The fourth-order valence-corrected chi connectivity index (χ4v) is 1.95. The second kappa shape index (κ2) is 5.99. The summed E-state index contributed by atoms with van der Waals surface area (Å²) < 4.78 is 26.3. The average molecular weight is 295 g/mol. The summed E-state index contributed by atoms with van der Waals surface area (Å²) in [4.78, 5) is 19.2. The zero-order valence-corrected chi connectivity index (χ0v) is 11.6. The molecule has 2 aromatic rings. The van der Waals surface area contributed by atoms with Crippen molar-refractivity contribution in [2.75, 3.05) is 5.32 Å². The molecular weight excluding hydrogens is 280 g/mol. The smallest absolute Gasteiger partial charge is 0.326 e. The average Bonchev–Trinajstić information content (AvgIpc) is 2.39. The van der Waals surface area contributed by atoms with Gasteiger partial charge in [0.05, 0.1) is 17.2 Å². The van der Waals surface area contributed by atoms with Crippen LogP contribution in [0.4, 0.5) is 14.6 Å². The Hall–Kier alpha value is -2.31. The molecule has 0 saturated heterocycles. The first-order chi connectivity index (χ1) is 9.86.